The second-order valence-corrected chi connectivity index (χ2v) is 7.33. The van der Waals surface area contributed by atoms with Gasteiger partial charge in [-0.2, -0.15) is 0 Å². The van der Waals surface area contributed by atoms with E-state index < -0.39 is 11.6 Å². The van der Waals surface area contributed by atoms with Gasteiger partial charge in [0.15, 0.2) is 11.6 Å². The maximum atomic E-state index is 13.6. The van der Waals surface area contributed by atoms with Crippen molar-refractivity contribution in [1.29, 1.82) is 0 Å². The highest BCUT2D eigenvalue weighted by atomic mass is 19.1. The van der Waals surface area contributed by atoms with Crippen molar-refractivity contribution >= 4 is 22.9 Å². The Hall–Kier alpha value is -3.16. The number of anilines is 1. The van der Waals surface area contributed by atoms with Gasteiger partial charge in [-0.05, 0) is 37.1 Å². The first kappa shape index (κ1) is 20.1. The Morgan fingerprint density at radius 1 is 1.10 bits per heavy atom. The second-order valence-electron chi connectivity index (χ2n) is 7.33. The van der Waals surface area contributed by atoms with Crippen molar-refractivity contribution < 1.29 is 18.3 Å². The van der Waals surface area contributed by atoms with Gasteiger partial charge in [0.05, 0.1) is 17.6 Å². The molecule has 6 nitrogen and oxygen atoms in total. The van der Waals surface area contributed by atoms with Crippen LogP contribution in [0.15, 0.2) is 42.5 Å². The van der Waals surface area contributed by atoms with Crippen LogP contribution in [0.5, 0.6) is 5.75 Å². The zero-order valence-electron chi connectivity index (χ0n) is 16.6. The number of halogens is 2. The van der Waals surface area contributed by atoms with Crippen molar-refractivity contribution in [2.45, 2.75) is 19.3 Å². The average molecular weight is 414 g/mol. The smallest absolute Gasteiger partial charge is 0.222 e. The lowest BCUT2D eigenvalue weighted by molar-refractivity contribution is -0.131. The number of nitrogens with zero attached hydrogens (tertiary/aromatic N) is 3. The molecule has 0 aliphatic carbocycles. The third kappa shape index (κ3) is 4.69. The molecular weight excluding hydrogens is 390 g/mol. The minimum atomic E-state index is -0.737. The van der Waals surface area contributed by atoms with Crippen molar-refractivity contribution in [1.82, 2.24) is 14.9 Å². The van der Waals surface area contributed by atoms with E-state index >= 15 is 0 Å². The van der Waals surface area contributed by atoms with E-state index in [0.717, 1.165) is 42.1 Å². The van der Waals surface area contributed by atoms with Crippen LogP contribution in [0.4, 0.5) is 14.7 Å². The van der Waals surface area contributed by atoms with Crippen LogP contribution in [-0.4, -0.2) is 53.6 Å². The van der Waals surface area contributed by atoms with Crippen LogP contribution in [0.1, 0.15) is 19.3 Å². The highest BCUT2D eigenvalue weighted by molar-refractivity contribution is 5.78. The van der Waals surface area contributed by atoms with Gasteiger partial charge in [0.25, 0.3) is 0 Å². The van der Waals surface area contributed by atoms with Gasteiger partial charge in [0.2, 0.25) is 11.9 Å². The molecule has 2 aromatic carbocycles. The number of para-hydroxylation sites is 2. The van der Waals surface area contributed by atoms with E-state index in [1.165, 1.54) is 6.07 Å². The number of carbonyl (C=O) groups is 1. The quantitative estimate of drug-likeness (QED) is 0.625. The van der Waals surface area contributed by atoms with Crippen LogP contribution < -0.4 is 9.64 Å². The van der Waals surface area contributed by atoms with Gasteiger partial charge in [0, 0.05) is 38.7 Å². The summed E-state index contributed by atoms with van der Waals surface area (Å²) in [5, 5.41) is 0. The molecule has 0 bridgehead atoms. The number of ether oxygens (including phenoxy) is 1. The highest BCUT2D eigenvalue weighted by Crippen LogP contribution is 2.20. The van der Waals surface area contributed by atoms with Crippen molar-refractivity contribution in [2.75, 3.05) is 37.7 Å². The Kier molecular flexibility index (Phi) is 6.11. The standard InChI is InChI=1S/C22H24F2N4O2/c23-16-8-9-20(17(24)15-16)30-14-3-7-21(29)27-10-4-11-28(13-12-27)22-25-18-5-1-2-6-19(18)26-22/h1-2,5-6,8-9,15H,3-4,7,10-14H2,(H,25,26). The van der Waals surface area contributed by atoms with Crippen LogP contribution in [-0.2, 0) is 4.79 Å². The molecule has 0 saturated carbocycles. The molecule has 1 aromatic heterocycles. The van der Waals surface area contributed by atoms with Gasteiger partial charge < -0.3 is 19.5 Å². The SMILES string of the molecule is O=C(CCCOc1ccc(F)cc1F)N1CCCN(c2nc3ccccc3[nH]2)CC1. The highest BCUT2D eigenvalue weighted by Gasteiger charge is 2.20. The Bertz CT molecular complexity index is 990. The summed E-state index contributed by atoms with van der Waals surface area (Å²) in [5.41, 5.74) is 1.93. The van der Waals surface area contributed by atoms with Crippen molar-refractivity contribution in [2.24, 2.45) is 0 Å². The van der Waals surface area contributed by atoms with Gasteiger partial charge in [-0.1, -0.05) is 12.1 Å². The normalized spacial score (nSPS) is 14.7. The van der Waals surface area contributed by atoms with E-state index in [4.69, 9.17) is 4.74 Å². The van der Waals surface area contributed by atoms with E-state index in [2.05, 4.69) is 14.9 Å². The predicted molar refractivity (Wildman–Crippen MR) is 111 cm³/mol. The largest absolute Gasteiger partial charge is 0.491 e. The topological polar surface area (TPSA) is 61.5 Å². The fraction of sp³-hybridized carbons (Fsp3) is 0.364. The zero-order valence-corrected chi connectivity index (χ0v) is 16.6. The number of amides is 1. The molecule has 3 aromatic rings. The molecule has 4 rings (SSSR count). The number of benzene rings is 2. The third-order valence-electron chi connectivity index (χ3n) is 5.21. The summed E-state index contributed by atoms with van der Waals surface area (Å²) in [5.74, 6) is -0.489. The maximum absolute atomic E-state index is 13.6. The fourth-order valence-electron chi connectivity index (χ4n) is 3.62. The third-order valence-corrected chi connectivity index (χ3v) is 5.21. The summed E-state index contributed by atoms with van der Waals surface area (Å²) < 4.78 is 31.8. The van der Waals surface area contributed by atoms with Crippen LogP contribution >= 0.6 is 0 Å². The molecule has 0 spiro atoms. The molecule has 1 fully saturated rings. The lowest BCUT2D eigenvalue weighted by Gasteiger charge is -2.21. The van der Waals surface area contributed by atoms with Crippen molar-refractivity contribution in [3.8, 4) is 5.75 Å². The molecule has 1 saturated heterocycles. The molecule has 30 heavy (non-hydrogen) atoms. The maximum Gasteiger partial charge on any atom is 0.222 e. The Morgan fingerprint density at radius 3 is 2.80 bits per heavy atom. The Morgan fingerprint density at radius 2 is 1.97 bits per heavy atom. The first-order valence-corrected chi connectivity index (χ1v) is 10.2. The number of aromatic nitrogens is 2. The predicted octanol–water partition coefficient (Wildman–Crippen LogP) is 3.74. The van der Waals surface area contributed by atoms with Gasteiger partial charge >= 0.3 is 0 Å². The first-order chi connectivity index (χ1) is 14.6. The van der Waals surface area contributed by atoms with E-state index in [1.807, 2.05) is 29.2 Å². The number of aromatic amines is 1. The van der Waals surface area contributed by atoms with Crippen molar-refractivity contribution in [3.63, 3.8) is 0 Å². The number of carbonyl (C=O) groups excluding carboxylic acids is 1. The molecular formula is C22H24F2N4O2. The molecule has 8 heteroatoms. The van der Waals surface area contributed by atoms with Crippen LogP contribution in [0.3, 0.4) is 0 Å². The van der Waals surface area contributed by atoms with Crippen LogP contribution in [0, 0.1) is 11.6 Å². The van der Waals surface area contributed by atoms with E-state index in [1.54, 1.807) is 0 Å². The molecule has 2 heterocycles. The summed E-state index contributed by atoms with van der Waals surface area (Å²) in [6, 6.07) is 11.1. The van der Waals surface area contributed by atoms with Crippen molar-refractivity contribution in [3.05, 3.63) is 54.1 Å². The van der Waals surface area contributed by atoms with Crippen LogP contribution in [0.2, 0.25) is 0 Å². The molecule has 0 radical (unpaired) electrons. The van der Waals surface area contributed by atoms with E-state index in [9.17, 15) is 13.6 Å². The monoisotopic (exact) mass is 414 g/mol. The number of imidazole rings is 1. The molecule has 1 aliphatic heterocycles. The van der Waals surface area contributed by atoms with Gasteiger partial charge in [-0.3, -0.25) is 4.79 Å². The molecule has 1 aliphatic rings. The first-order valence-electron chi connectivity index (χ1n) is 10.2. The molecule has 0 unspecified atom stereocenters. The number of rotatable bonds is 6. The van der Waals surface area contributed by atoms with Crippen LogP contribution in [0.25, 0.3) is 11.0 Å². The van der Waals surface area contributed by atoms with Gasteiger partial charge in [-0.25, -0.2) is 13.8 Å². The summed E-state index contributed by atoms with van der Waals surface area (Å²) in [4.78, 5) is 24.6. The lowest BCUT2D eigenvalue weighted by Crippen LogP contribution is -2.35. The summed E-state index contributed by atoms with van der Waals surface area (Å²) >= 11 is 0. The minimum absolute atomic E-state index is 0.0000908. The van der Waals surface area contributed by atoms with E-state index in [-0.39, 0.29) is 18.3 Å². The summed E-state index contributed by atoms with van der Waals surface area (Å²) in [6.45, 7) is 3.07. The summed E-state index contributed by atoms with van der Waals surface area (Å²) in [7, 11) is 0. The minimum Gasteiger partial charge on any atom is -0.491 e. The number of H-pyrrole nitrogens is 1. The fourth-order valence-corrected chi connectivity index (χ4v) is 3.62. The molecule has 158 valence electrons. The number of hydrogen-bond acceptors (Lipinski definition) is 4. The molecule has 1 amide bonds. The second kappa shape index (κ2) is 9.11. The number of nitrogens with one attached hydrogen (secondary N) is 1. The molecule has 0 atom stereocenters. The summed E-state index contributed by atoms with van der Waals surface area (Å²) in [6.07, 6.45) is 1.66. The van der Waals surface area contributed by atoms with E-state index in [0.29, 0.717) is 32.5 Å². The Labute approximate surface area is 173 Å². The van der Waals surface area contributed by atoms with Gasteiger partial charge in [-0.15, -0.1) is 0 Å². The Balaban J connectivity index is 1.25. The lowest BCUT2D eigenvalue weighted by atomic mass is 10.2. The molecule has 1 N–H and O–H groups in total. The average Bonchev–Trinajstić information content (AvgIpc) is 3.01. The van der Waals surface area contributed by atoms with Gasteiger partial charge in [0.1, 0.15) is 5.82 Å². The zero-order chi connectivity index (χ0) is 20.9. The number of hydrogen-bond donors (Lipinski definition) is 1. The number of fused-ring (bicyclic) bond motifs is 1.